The van der Waals surface area contributed by atoms with E-state index in [9.17, 15) is 32.7 Å². The van der Waals surface area contributed by atoms with Gasteiger partial charge in [-0.25, -0.2) is 8.42 Å². The maximum Gasteiger partial charge on any atom is 0.323 e. The van der Waals surface area contributed by atoms with Gasteiger partial charge in [0.2, 0.25) is 15.9 Å². The molecule has 2 fully saturated rings. The Labute approximate surface area is 240 Å². The van der Waals surface area contributed by atoms with Crippen molar-refractivity contribution in [3.8, 4) is 0 Å². The number of carbonyl (C=O) groups excluding carboxylic acids is 3. The highest BCUT2D eigenvalue weighted by Gasteiger charge is 2.63. The fourth-order valence-electron chi connectivity index (χ4n) is 6.31. The van der Waals surface area contributed by atoms with Crippen molar-refractivity contribution in [2.45, 2.75) is 64.8 Å². The second-order valence-corrected chi connectivity index (χ2v) is 13.6. The normalized spacial score (nSPS) is 23.8. The predicted molar refractivity (Wildman–Crippen MR) is 152 cm³/mol. The second-order valence-electron chi connectivity index (χ2n) is 11.7. The Morgan fingerprint density at radius 1 is 1.20 bits per heavy atom. The van der Waals surface area contributed by atoms with Crippen LogP contribution in [0.2, 0.25) is 0 Å². The molecule has 2 saturated carbocycles. The molecule has 12 nitrogen and oxygen atoms in total. The number of fused-ring (bicyclic) bond motifs is 2. The zero-order valence-electron chi connectivity index (χ0n) is 23.5. The predicted octanol–water partition coefficient (Wildman–Crippen LogP) is 0.973. The monoisotopic (exact) mass is 589 g/mol. The summed E-state index contributed by atoms with van der Waals surface area (Å²) in [6.07, 6.45) is 3.76. The number of carboxylic acids is 1. The van der Waals surface area contributed by atoms with Crippen LogP contribution in [0.25, 0.3) is 0 Å². The van der Waals surface area contributed by atoms with Crippen molar-refractivity contribution in [2.24, 2.45) is 21.7 Å². The van der Waals surface area contributed by atoms with Gasteiger partial charge in [0, 0.05) is 43.5 Å². The van der Waals surface area contributed by atoms with Gasteiger partial charge in [0.25, 0.3) is 5.91 Å². The molecule has 0 spiro atoms. The molecule has 5 N–H and O–H groups in total. The number of guanidine groups is 1. The lowest BCUT2D eigenvalue weighted by molar-refractivity contribution is -0.138. The van der Waals surface area contributed by atoms with Gasteiger partial charge in [-0.3, -0.25) is 29.5 Å². The smallest absolute Gasteiger partial charge is 0.323 e. The summed E-state index contributed by atoms with van der Waals surface area (Å²) in [5.74, 6) is -1.69. The van der Waals surface area contributed by atoms with Gasteiger partial charge in [-0.15, -0.1) is 0 Å². The van der Waals surface area contributed by atoms with Gasteiger partial charge in [-0.2, -0.15) is 4.72 Å². The van der Waals surface area contributed by atoms with Crippen LogP contribution in [0, 0.1) is 16.7 Å². The summed E-state index contributed by atoms with van der Waals surface area (Å²) in [4.78, 5) is 53.5. The van der Waals surface area contributed by atoms with Crippen LogP contribution in [0.15, 0.2) is 29.3 Å². The Bertz CT molecular complexity index is 1330. The second kappa shape index (κ2) is 12.3. The Morgan fingerprint density at radius 2 is 1.93 bits per heavy atom. The maximum absolute atomic E-state index is 12.8. The van der Waals surface area contributed by atoms with E-state index < -0.39 is 39.9 Å². The van der Waals surface area contributed by atoms with Crippen LogP contribution in [0.3, 0.4) is 0 Å². The molecule has 0 saturated heterocycles. The van der Waals surface area contributed by atoms with Crippen LogP contribution in [-0.4, -0.2) is 74.5 Å². The number of ketones is 1. The number of aryl methyl sites for hydroxylation is 1. The van der Waals surface area contributed by atoms with E-state index in [-0.39, 0.29) is 47.2 Å². The molecule has 2 aliphatic carbocycles. The number of amides is 2. The van der Waals surface area contributed by atoms with Crippen LogP contribution in [0.4, 0.5) is 0 Å². The van der Waals surface area contributed by atoms with Gasteiger partial charge in [-0.05, 0) is 61.1 Å². The van der Waals surface area contributed by atoms with Crippen LogP contribution < -0.4 is 20.7 Å². The van der Waals surface area contributed by atoms with E-state index in [0.29, 0.717) is 31.8 Å². The molecule has 3 unspecified atom stereocenters. The third-order valence-corrected chi connectivity index (χ3v) is 10.4. The molecule has 3 atom stereocenters. The van der Waals surface area contributed by atoms with Gasteiger partial charge in [0.15, 0.2) is 5.96 Å². The number of aliphatic carboxylic acids is 1. The Morgan fingerprint density at radius 3 is 2.51 bits per heavy atom. The molecule has 1 aromatic carbocycles. The van der Waals surface area contributed by atoms with E-state index in [1.807, 2.05) is 13.8 Å². The minimum atomic E-state index is -4.04. The van der Waals surface area contributed by atoms with E-state index in [0.717, 1.165) is 24.9 Å². The van der Waals surface area contributed by atoms with Crippen molar-refractivity contribution in [2.75, 3.05) is 25.4 Å². The molecule has 0 aromatic heterocycles. The highest BCUT2D eigenvalue weighted by molar-refractivity contribution is 7.89. The first-order valence-corrected chi connectivity index (χ1v) is 15.7. The minimum Gasteiger partial charge on any atom is -0.480 e. The van der Waals surface area contributed by atoms with Crippen LogP contribution in [0.5, 0.6) is 0 Å². The van der Waals surface area contributed by atoms with Gasteiger partial charge in [-0.1, -0.05) is 26.0 Å². The van der Waals surface area contributed by atoms with Crippen molar-refractivity contribution in [3.05, 3.63) is 35.4 Å². The zero-order valence-corrected chi connectivity index (χ0v) is 24.3. The lowest BCUT2D eigenvalue weighted by Crippen LogP contribution is -2.49. The number of hydrogen-bond donors (Lipinski definition) is 5. The number of rotatable bonds is 12. The fraction of sp³-hybridized carbons (Fsp3) is 0.607. The first-order chi connectivity index (χ1) is 19.3. The third-order valence-electron chi connectivity index (χ3n) is 9.04. The summed E-state index contributed by atoms with van der Waals surface area (Å²) in [7, 11) is -4.04. The average Bonchev–Trinajstić information content (AvgIpc) is 3.29. The molecule has 0 radical (unpaired) electrons. The third kappa shape index (κ3) is 6.95. The SMILES string of the molecule is CC1(C)C2CCC1(CCS(=O)(=O)NC(CNC(=O)c1ccc(CCC(=O)NC3=NCCCN3)cc1)C(=O)O)C(=O)C2. The molecule has 1 aromatic rings. The molecule has 1 aliphatic heterocycles. The van der Waals surface area contributed by atoms with Crippen LogP contribution in [-0.2, 0) is 30.8 Å². The number of carbonyl (C=O) groups is 4. The van der Waals surface area contributed by atoms with Crippen molar-refractivity contribution in [1.82, 2.24) is 20.7 Å². The summed E-state index contributed by atoms with van der Waals surface area (Å²) < 4.78 is 27.8. The number of benzene rings is 1. The van der Waals surface area contributed by atoms with Crippen molar-refractivity contribution in [3.63, 3.8) is 0 Å². The van der Waals surface area contributed by atoms with Crippen molar-refractivity contribution in [1.29, 1.82) is 0 Å². The van der Waals surface area contributed by atoms with E-state index in [4.69, 9.17) is 0 Å². The number of nitrogens with zero attached hydrogens (tertiary/aromatic N) is 1. The molecule has 4 rings (SSSR count). The molecule has 2 amide bonds. The summed E-state index contributed by atoms with van der Waals surface area (Å²) in [6.45, 7) is 5.02. The largest absolute Gasteiger partial charge is 0.480 e. The van der Waals surface area contributed by atoms with E-state index in [1.165, 1.54) is 0 Å². The lowest BCUT2D eigenvalue weighted by Gasteiger charge is -2.36. The molecular weight excluding hydrogens is 550 g/mol. The molecule has 41 heavy (non-hydrogen) atoms. The van der Waals surface area contributed by atoms with Crippen molar-refractivity contribution >= 4 is 39.5 Å². The molecule has 1 heterocycles. The summed E-state index contributed by atoms with van der Waals surface area (Å²) in [5, 5.41) is 17.8. The standard InChI is InChI=1S/C28H39N5O7S/c1-27(2)20-10-11-28(27,22(34)16-20)12-15-41(39,40)33-21(25(37)38)17-31-24(36)19-7-4-18(5-8-19)6-9-23(35)32-26-29-13-3-14-30-26/h4-5,7-8,20-21,33H,3,6,9-17H2,1-2H3,(H,31,36)(H,37,38)(H2,29,30,32,35). The molecule has 13 heteroatoms. The highest BCUT2D eigenvalue weighted by atomic mass is 32.2. The van der Waals surface area contributed by atoms with Crippen LogP contribution in [0.1, 0.15) is 68.3 Å². The summed E-state index contributed by atoms with van der Waals surface area (Å²) >= 11 is 0. The first kappa shape index (κ1) is 30.6. The number of hydrogen-bond acceptors (Lipinski definition) is 8. The van der Waals surface area contributed by atoms with Gasteiger partial charge in [0.05, 0.1) is 5.75 Å². The van der Waals surface area contributed by atoms with Gasteiger partial charge in [0.1, 0.15) is 11.8 Å². The summed E-state index contributed by atoms with van der Waals surface area (Å²) in [6, 6.07) is 4.96. The van der Waals surface area contributed by atoms with E-state index in [1.54, 1.807) is 24.3 Å². The molecular formula is C28H39N5O7S. The van der Waals surface area contributed by atoms with Crippen LogP contribution >= 0.6 is 0 Å². The number of Topliss-reactive ketones (excluding diaryl/α,β-unsaturated/α-hetero) is 1. The van der Waals surface area contributed by atoms with E-state index in [2.05, 4.69) is 25.7 Å². The number of sulfonamides is 1. The number of aliphatic imine (C=N–C) groups is 1. The maximum atomic E-state index is 12.8. The number of carboxylic acid groups (broad SMARTS) is 1. The summed E-state index contributed by atoms with van der Waals surface area (Å²) in [5.41, 5.74) is 0.117. The van der Waals surface area contributed by atoms with Gasteiger partial charge < -0.3 is 15.7 Å². The Hall–Kier alpha value is -3.32. The average molecular weight is 590 g/mol. The lowest BCUT2D eigenvalue weighted by atomic mass is 9.67. The highest BCUT2D eigenvalue weighted by Crippen LogP contribution is 2.65. The first-order valence-electron chi connectivity index (χ1n) is 14.0. The minimum absolute atomic E-state index is 0.0944. The van der Waals surface area contributed by atoms with Gasteiger partial charge >= 0.3 is 5.97 Å². The Balaban J connectivity index is 1.25. The molecule has 3 aliphatic rings. The topological polar surface area (TPSA) is 183 Å². The quantitative estimate of drug-likeness (QED) is 0.239. The van der Waals surface area contributed by atoms with E-state index >= 15 is 0 Å². The zero-order chi connectivity index (χ0) is 29.8. The fourth-order valence-corrected chi connectivity index (χ4v) is 7.66. The molecule has 224 valence electrons. The Kier molecular flexibility index (Phi) is 9.17. The van der Waals surface area contributed by atoms with Crippen molar-refractivity contribution < 1.29 is 32.7 Å². The number of nitrogens with one attached hydrogen (secondary N) is 4. The molecule has 2 bridgehead atoms.